The van der Waals surface area contributed by atoms with Crippen molar-refractivity contribution in [3.8, 4) is 0 Å². The molecule has 0 fully saturated rings. The summed E-state index contributed by atoms with van der Waals surface area (Å²) in [6, 6.07) is 0. The van der Waals surface area contributed by atoms with Gasteiger partial charge in [-0.25, -0.2) is 4.79 Å². The number of hydrogen-bond acceptors (Lipinski definition) is 5. The molecule has 0 spiro atoms. The van der Waals surface area contributed by atoms with Gasteiger partial charge in [-0.3, -0.25) is 0 Å². The summed E-state index contributed by atoms with van der Waals surface area (Å²) in [5.41, 5.74) is -0.419. The molecule has 0 aromatic carbocycles. The van der Waals surface area contributed by atoms with Gasteiger partial charge < -0.3 is 25.2 Å². The highest BCUT2D eigenvalue weighted by Crippen LogP contribution is 2.18. The first-order chi connectivity index (χ1) is 6.07. The van der Waals surface area contributed by atoms with Crippen LogP contribution in [0.15, 0.2) is 11.8 Å². The molecule has 1 aliphatic heterocycles. The Morgan fingerprint density at radius 2 is 2.15 bits per heavy atom. The zero-order valence-electron chi connectivity index (χ0n) is 6.62. The summed E-state index contributed by atoms with van der Waals surface area (Å²) in [6.07, 6.45) is -3.08. The third-order valence-electron chi connectivity index (χ3n) is 1.82. The highest BCUT2D eigenvalue weighted by Gasteiger charge is 2.36. The maximum atomic E-state index is 10.4. The summed E-state index contributed by atoms with van der Waals surface area (Å²) >= 11 is 0. The monoisotopic (exact) mass is 190 g/mol. The van der Waals surface area contributed by atoms with Crippen LogP contribution in [-0.4, -0.2) is 51.3 Å². The number of hydrogen-bond donors (Lipinski definition) is 4. The molecule has 0 radical (unpaired) electrons. The summed E-state index contributed by atoms with van der Waals surface area (Å²) in [6.45, 7) is -0.484. The van der Waals surface area contributed by atoms with Gasteiger partial charge in [-0.2, -0.15) is 0 Å². The van der Waals surface area contributed by atoms with Crippen LogP contribution in [0.5, 0.6) is 0 Å². The molecule has 1 aliphatic rings. The Morgan fingerprint density at radius 3 is 2.62 bits per heavy atom. The second-order valence-electron chi connectivity index (χ2n) is 2.67. The molecule has 1 rings (SSSR count). The second-order valence-corrected chi connectivity index (χ2v) is 2.67. The average Bonchev–Trinajstić information content (AvgIpc) is 2.09. The standard InChI is InChI=1S/C7H10O6/c8-1-4-6(10)5(9)3(2-13-4)7(11)12/h2,4-6,8-10H,1H2,(H,11,12)/t4-,5-,6+/m1/s1. The number of carboxylic acid groups (broad SMARTS) is 1. The highest BCUT2D eigenvalue weighted by molar-refractivity contribution is 5.87. The summed E-state index contributed by atoms with van der Waals surface area (Å²) in [7, 11) is 0. The topological polar surface area (TPSA) is 107 Å². The van der Waals surface area contributed by atoms with Gasteiger partial charge in [0, 0.05) is 0 Å². The molecule has 0 unspecified atom stereocenters. The van der Waals surface area contributed by atoms with Crippen molar-refractivity contribution in [1.82, 2.24) is 0 Å². The normalized spacial score (nSPS) is 33.5. The minimum atomic E-state index is -1.52. The van der Waals surface area contributed by atoms with Gasteiger partial charge in [0.2, 0.25) is 0 Å². The van der Waals surface area contributed by atoms with E-state index in [1.165, 1.54) is 0 Å². The van der Waals surface area contributed by atoms with Gasteiger partial charge in [-0.15, -0.1) is 0 Å². The summed E-state index contributed by atoms with van der Waals surface area (Å²) in [5, 5.41) is 35.6. The zero-order chi connectivity index (χ0) is 10.0. The van der Waals surface area contributed by atoms with Gasteiger partial charge in [-0.05, 0) is 0 Å². The van der Waals surface area contributed by atoms with E-state index < -0.39 is 36.5 Å². The van der Waals surface area contributed by atoms with Gasteiger partial charge in [0.15, 0.2) is 0 Å². The lowest BCUT2D eigenvalue weighted by atomic mass is 9.99. The first kappa shape index (κ1) is 9.97. The Bertz CT molecular complexity index is 235. The molecule has 1 heterocycles. The molecule has 4 N–H and O–H groups in total. The number of aliphatic hydroxyl groups is 3. The quantitative estimate of drug-likeness (QED) is 0.404. The Hall–Kier alpha value is -1.11. The fourth-order valence-corrected chi connectivity index (χ4v) is 1.03. The van der Waals surface area contributed by atoms with Crippen LogP contribution in [0.3, 0.4) is 0 Å². The second kappa shape index (κ2) is 3.73. The Labute approximate surface area is 73.7 Å². The molecule has 0 aliphatic carbocycles. The van der Waals surface area contributed by atoms with Crippen LogP contribution in [0.25, 0.3) is 0 Å². The van der Waals surface area contributed by atoms with Crippen LogP contribution in [-0.2, 0) is 9.53 Å². The van der Waals surface area contributed by atoms with Crippen molar-refractivity contribution in [2.75, 3.05) is 6.61 Å². The molecule has 6 heteroatoms. The lowest BCUT2D eigenvalue weighted by Crippen LogP contribution is -2.46. The molecular weight excluding hydrogens is 180 g/mol. The van der Waals surface area contributed by atoms with Crippen LogP contribution in [0.4, 0.5) is 0 Å². The van der Waals surface area contributed by atoms with Gasteiger partial charge in [0.25, 0.3) is 0 Å². The molecule has 74 valence electrons. The highest BCUT2D eigenvalue weighted by atomic mass is 16.5. The summed E-state index contributed by atoms with van der Waals surface area (Å²) in [5.74, 6) is -1.36. The zero-order valence-corrected chi connectivity index (χ0v) is 6.62. The van der Waals surface area contributed by atoms with Gasteiger partial charge in [0.05, 0.1) is 12.9 Å². The number of carbonyl (C=O) groups is 1. The van der Waals surface area contributed by atoms with E-state index >= 15 is 0 Å². The van der Waals surface area contributed by atoms with Crippen molar-refractivity contribution in [3.63, 3.8) is 0 Å². The van der Waals surface area contributed by atoms with E-state index in [4.69, 9.17) is 10.2 Å². The van der Waals surface area contributed by atoms with Crippen molar-refractivity contribution in [3.05, 3.63) is 11.8 Å². The predicted molar refractivity (Wildman–Crippen MR) is 39.7 cm³/mol. The van der Waals surface area contributed by atoms with Crippen LogP contribution >= 0.6 is 0 Å². The first-order valence-corrected chi connectivity index (χ1v) is 3.63. The van der Waals surface area contributed by atoms with Crippen molar-refractivity contribution in [2.24, 2.45) is 0 Å². The fourth-order valence-electron chi connectivity index (χ4n) is 1.03. The predicted octanol–water partition coefficient (Wildman–Crippen LogP) is -1.93. The van der Waals surface area contributed by atoms with Crippen LogP contribution < -0.4 is 0 Å². The van der Waals surface area contributed by atoms with E-state index in [9.17, 15) is 15.0 Å². The average molecular weight is 190 g/mol. The molecule has 0 bridgehead atoms. The molecule has 6 nitrogen and oxygen atoms in total. The largest absolute Gasteiger partial charge is 0.492 e. The van der Waals surface area contributed by atoms with E-state index in [1.807, 2.05) is 0 Å². The minimum Gasteiger partial charge on any atom is -0.492 e. The molecule has 3 atom stereocenters. The molecular formula is C7H10O6. The Morgan fingerprint density at radius 1 is 1.54 bits per heavy atom. The third kappa shape index (κ3) is 1.80. The number of carboxylic acids is 1. The molecule has 0 aromatic heterocycles. The van der Waals surface area contributed by atoms with E-state index in [2.05, 4.69) is 4.74 Å². The Balaban J connectivity index is 2.82. The van der Waals surface area contributed by atoms with Crippen LogP contribution in [0.2, 0.25) is 0 Å². The summed E-state index contributed by atoms with van der Waals surface area (Å²) < 4.78 is 4.68. The lowest BCUT2D eigenvalue weighted by Gasteiger charge is -2.29. The van der Waals surface area contributed by atoms with Crippen molar-refractivity contribution >= 4 is 5.97 Å². The molecule has 0 amide bonds. The van der Waals surface area contributed by atoms with Gasteiger partial charge in [0.1, 0.15) is 23.9 Å². The Kier molecular flexibility index (Phi) is 2.86. The first-order valence-electron chi connectivity index (χ1n) is 3.63. The van der Waals surface area contributed by atoms with E-state index in [-0.39, 0.29) is 0 Å². The molecule has 0 saturated carbocycles. The lowest BCUT2D eigenvalue weighted by molar-refractivity contribution is -0.139. The SMILES string of the molecule is O=C(O)C1=CO[C@H](CO)[C@H](O)[C@@H]1O. The van der Waals surface area contributed by atoms with Crippen molar-refractivity contribution in [2.45, 2.75) is 18.3 Å². The van der Waals surface area contributed by atoms with Crippen molar-refractivity contribution in [1.29, 1.82) is 0 Å². The van der Waals surface area contributed by atoms with Crippen molar-refractivity contribution < 1.29 is 30.0 Å². The smallest absolute Gasteiger partial charge is 0.337 e. The van der Waals surface area contributed by atoms with Gasteiger partial charge in [-0.1, -0.05) is 0 Å². The number of aliphatic carboxylic acids is 1. The number of rotatable bonds is 2. The molecule has 0 saturated heterocycles. The maximum absolute atomic E-state index is 10.4. The summed E-state index contributed by atoms with van der Waals surface area (Å²) in [4.78, 5) is 10.4. The molecule has 13 heavy (non-hydrogen) atoms. The fraction of sp³-hybridized carbons (Fsp3) is 0.571. The third-order valence-corrected chi connectivity index (χ3v) is 1.82. The van der Waals surface area contributed by atoms with E-state index in [0.717, 1.165) is 6.26 Å². The maximum Gasteiger partial charge on any atom is 0.337 e. The van der Waals surface area contributed by atoms with Crippen LogP contribution in [0, 0.1) is 0 Å². The van der Waals surface area contributed by atoms with E-state index in [0.29, 0.717) is 0 Å². The minimum absolute atomic E-state index is 0.419. The van der Waals surface area contributed by atoms with E-state index in [1.54, 1.807) is 0 Å². The number of ether oxygens (including phenoxy) is 1. The number of aliphatic hydroxyl groups excluding tert-OH is 3. The molecule has 0 aromatic rings. The van der Waals surface area contributed by atoms with Crippen LogP contribution in [0.1, 0.15) is 0 Å². The van der Waals surface area contributed by atoms with Gasteiger partial charge >= 0.3 is 5.97 Å².